The number of aliphatic hydroxyl groups is 1. The Kier molecular flexibility index (Phi) is 4.87. The Balaban J connectivity index is 2.14. The Bertz CT molecular complexity index is 450. The molecule has 4 nitrogen and oxygen atoms in total. The van der Waals surface area contributed by atoms with E-state index in [2.05, 4.69) is 4.98 Å². The van der Waals surface area contributed by atoms with Crippen LogP contribution in [0.5, 0.6) is 0 Å². The van der Waals surface area contributed by atoms with E-state index in [0.29, 0.717) is 28.7 Å². The number of rotatable bonds is 4. The molecule has 114 valence electrons. The second-order valence-corrected chi connectivity index (χ2v) is 5.85. The zero-order valence-electron chi connectivity index (χ0n) is 11.1. The Morgan fingerprint density at radius 2 is 2.25 bits per heavy atom. The number of thiazole rings is 1. The summed E-state index contributed by atoms with van der Waals surface area (Å²) in [6.45, 7) is 0.585. The van der Waals surface area contributed by atoms with Crippen LogP contribution in [0.25, 0.3) is 0 Å². The minimum Gasteiger partial charge on any atom is -0.391 e. The van der Waals surface area contributed by atoms with E-state index < -0.39 is 12.1 Å². The van der Waals surface area contributed by atoms with Crippen molar-refractivity contribution in [3.63, 3.8) is 0 Å². The maximum absolute atomic E-state index is 12.8. The summed E-state index contributed by atoms with van der Waals surface area (Å²) in [6, 6.07) is 0. The first-order chi connectivity index (χ1) is 9.45. The average Bonchev–Trinajstić information content (AvgIpc) is 2.82. The standard InChI is InChI=1S/C12H17F3N2O2S/c1-19-7-9-10(6-18)20-11(16-9)17-4-2-3-8(5-17)12(13,14)15/h8,18H,2-7H2,1H3. The van der Waals surface area contributed by atoms with Gasteiger partial charge in [-0.15, -0.1) is 0 Å². The normalized spacial score (nSPS) is 20.4. The molecule has 0 amide bonds. The molecule has 8 heteroatoms. The summed E-state index contributed by atoms with van der Waals surface area (Å²) in [5, 5.41) is 9.79. The average molecular weight is 310 g/mol. The van der Waals surface area contributed by atoms with Gasteiger partial charge in [-0.2, -0.15) is 13.2 Å². The third-order valence-corrected chi connectivity index (χ3v) is 4.49. The van der Waals surface area contributed by atoms with Gasteiger partial charge in [0.2, 0.25) is 0 Å². The number of aromatic nitrogens is 1. The van der Waals surface area contributed by atoms with Crippen LogP contribution >= 0.6 is 11.3 Å². The van der Waals surface area contributed by atoms with Crippen molar-refractivity contribution in [2.24, 2.45) is 5.92 Å². The molecule has 0 spiro atoms. The predicted molar refractivity (Wildman–Crippen MR) is 69.7 cm³/mol. The zero-order chi connectivity index (χ0) is 14.8. The summed E-state index contributed by atoms with van der Waals surface area (Å²) in [7, 11) is 1.51. The quantitative estimate of drug-likeness (QED) is 0.928. The molecule has 1 atom stereocenters. The Labute approximate surface area is 119 Å². The summed E-state index contributed by atoms with van der Waals surface area (Å²) in [5.74, 6) is -1.30. The van der Waals surface area contributed by atoms with Gasteiger partial charge in [0.25, 0.3) is 0 Å². The largest absolute Gasteiger partial charge is 0.393 e. The lowest BCUT2D eigenvalue weighted by Crippen LogP contribution is -2.41. The van der Waals surface area contributed by atoms with Crippen LogP contribution in [-0.4, -0.2) is 36.5 Å². The molecule has 1 saturated heterocycles. The van der Waals surface area contributed by atoms with Gasteiger partial charge in [0, 0.05) is 20.2 Å². The number of halogens is 3. The molecule has 2 rings (SSSR count). The van der Waals surface area contributed by atoms with Gasteiger partial charge in [0.15, 0.2) is 5.13 Å². The van der Waals surface area contributed by atoms with Crippen molar-refractivity contribution < 1.29 is 23.0 Å². The number of anilines is 1. The van der Waals surface area contributed by atoms with E-state index in [-0.39, 0.29) is 26.2 Å². The molecule has 0 aromatic carbocycles. The van der Waals surface area contributed by atoms with E-state index in [1.54, 1.807) is 4.90 Å². The first kappa shape index (κ1) is 15.5. The number of ether oxygens (including phenoxy) is 1. The van der Waals surface area contributed by atoms with Gasteiger partial charge in [-0.05, 0) is 12.8 Å². The third kappa shape index (κ3) is 3.42. The lowest BCUT2D eigenvalue weighted by molar-refractivity contribution is -0.175. The number of nitrogens with zero attached hydrogens (tertiary/aromatic N) is 2. The smallest absolute Gasteiger partial charge is 0.391 e. The topological polar surface area (TPSA) is 45.6 Å². The summed E-state index contributed by atoms with van der Waals surface area (Å²) >= 11 is 1.24. The molecular weight excluding hydrogens is 293 g/mol. The van der Waals surface area contributed by atoms with Crippen molar-refractivity contribution >= 4 is 16.5 Å². The van der Waals surface area contributed by atoms with Crippen LogP contribution in [0.2, 0.25) is 0 Å². The first-order valence-corrected chi connectivity index (χ1v) is 7.17. The van der Waals surface area contributed by atoms with Gasteiger partial charge in [-0.25, -0.2) is 4.98 Å². The highest BCUT2D eigenvalue weighted by Gasteiger charge is 2.42. The molecule has 1 fully saturated rings. The van der Waals surface area contributed by atoms with Crippen molar-refractivity contribution in [3.05, 3.63) is 10.6 Å². The lowest BCUT2D eigenvalue weighted by atomic mass is 9.98. The van der Waals surface area contributed by atoms with Gasteiger partial charge < -0.3 is 14.7 Å². The van der Waals surface area contributed by atoms with E-state index in [4.69, 9.17) is 4.74 Å². The maximum atomic E-state index is 12.8. The molecule has 0 saturated carbocycles. The fourth-order valence-electron chi connectivity index (χ4n) is 2.30. The summed E-state index contributed by atoms with van der Waals surface area (Å²) in [5.41, 5.74) is 0.601. The molecule has 0 radical (unpaired) electrons. The monoisotopic (exact) mass is 310 g/mol. The van der Waals surface area contributed by atoms with E-state index in [0.717, 1.165) is 0 Å². The predicted octanol–water partition coefficient (Wildman–Crippen LogP) is 2.56. The molecule has 1 aliphatic rings. The maximum Gasteiger partial charge on any atom is 0.393 e. The van der Waals surface area contributed by atoms with Crippen molar-refractivity contribution in [2.75, 3.05) is 25.1 Å². The Morgan fingerprint density at radius 1 is 1.50 bits per heavy atom. The number of aliphatic hydroxyl groups excluding tert-OH is 1. The second-order valence-electron chi connectivity index (χ2n) is 4.78. The number of piperidine rings is 1. The van der Waals surface area contributed by atoms with Crippen LogP contribution in [0.15, 0.2) is 0 Å². The molecule has 20 heavy (non-hydrogen) atoms. The van der Waals surface area contributed by atoms with Crippen molar-refractivity contribution in [3.8, 4) is 0 Å². The second kappa shape index (κ2) is 6.28. The molecule has 2 heterocycles. The molecule has 0 aliphatic carbocycles. The summed E-state index contributed by atoms with van der Waals surface area (Å²) < 4.78 is 43.4. The molecule has 1 aromatic heterocycles. The van der Waals surface area contributed by atoms with Crippen molar-refractivity contribution in [2.45, 2.75) is 32.2 Å². The van der Waals surface area contributed by atoms with Crippen LogP contribution in [0.3, 0.4) is 0 Å². The van der Waals surface area contributed by atoms with E-state index in [9.17, 15) is 18.3 Å². The van der Waals surface area contributed by atoms with Crippen molar-refractivity contribution in [1.82, 2.24) is 4.98 Å². The van der Waals surface area contributed by atoms with E-state index in [1.165, 1.54) is 18.4 Å². The van der Waals surface area contributed by atoms with Crippen LogP contribution in [0.1, 0.15) is 23.4 Å². The third-order valence-electron chi connectivity index (χ3n) is 3.35. The van der Waals surface area contributed by atoms with Crippen LogP contribution in [0.4, 0.5) is 18.3 Å². The highest BCUT2D eigenvalue weighted by Crippen LogP contribution is 2.36. The van der Waals surface area contributed by atoms with Gasteiger partial charge in [0.05, 0.1) is 29.7 Å². The molecule has 0 bridgehead atoms. The fourth-order valence-corrected chi connectivity index (χ4v) is 3.25. The molecular formula is C12H17F3N2O2S. The summed E-state index contributed by atoms with van der Waals surface area (Å²) in [6.07, 6.45) is -3.49. The Hall–Kier alpha value is -0.860. The van der Waals surface area contributed by atoms with Gasteiger partial charge in [-0.1, -0.05) is 11.3 Å². The van der Waals surface area contributed by atoms with Crippen molar-refractivity contribution in [1.29, 1.82) is 0 Å². The fraction of sp³-hybridized carbons (Fsp3) is 0.750. The van der Waals surface area contributed by atoms with E-state index >= 15 is 0 Å². The summed E-state index contributed by atoms with van der Waals surface area (Å²) in [4.78, 5) is 6.61. The number of hydrogen-bond donors (Lipinski definition) is 1. The number of alkyl halides is 3. The van der Waals surface area contributed by atoms with E-state index in [1.807, 2.05) is 0 Å². The van der Waals surface area contributed by atoms with Gasteiger partial charge in [0.1, 0.15) is 0 Å². The highest BCUT2D eigenvalue weighted by molar-refractivity contribution is 7.15. The zero-order valence-corrected chi connectivity index (χ0v) is 11.9. The highest BCUT2D eigenvalue weighted by atomic mass is 32.1. The number of methoxy groups -OCH3 is 1. The minimum absolute atomic E-state index is 0.0612. The molecule has 1 aromatic rings. The van der Waals surface area contributed by atoms with Crippen LogP contribution < -0.4 is 4.90 Å². The SMILES string of the molecule is COCc1nc(N2CCCC(C(F)(F)F)C2)sc1CO. The lowest BCUT2D eigenvalue weighted by Gasteiger charge is -2.33. The van der Waals surface area contributed by atoms with Crippen LogP contribution in [-0.2, 0) is 18.0 Å². The first-order valence-electron chi connectivity index (χ1n) is 6.35. The number of hydrogen-bond acceptors (Lipinski definition) is 5. The van der Waals surface area contributed by atoms with Gasteiger partial charge >= 0.3 is 6.18 Å². The van der Waals surface area contributed by atoms with Gasteiger partial charge in [-0.3, -0.25) is 0 Å². The molecule has 1 N–H and O–H groups in total. The molecule has 1 aliphatic heterocycles. The molecule has 1 unspecified atom stereocenters. The van der Waals surface area contributed by atoms with Crippen LogP contribution in [0, 0.1) is 5.92 Å². The minimum atomic E-state index is -4.16. The Morgan fingerprint density at radius 3 is 2.85 bits per heavy atom.